The summed E-state index contributed by atoms with van der Waals surface area (Å²) in [6, 6.07) is 12.0. The number of carbonyl (C=O) groups is 2. The van der Waals surface area contributed by atoms with Crippen molar-refractivity contribution in [1.29, 1.82) is 0 Å². The van der Waals surface area contributed by atoms with Crippen molar-refractivity contribution in [2.24, 2.45) is 0 Å². The fraction of sp³-hybridized carbons (Fsp3) is 0.263. The van der Waals surface area contributed by atoms with Gasteiger partial charge in [0.15, 0.2) is 0 Å². The van der Waals surface area contributed by atoms with Crippen molar-refractivity contribution < 1.29 is 9.59 Å². The van der Waals surface area contributed by atoms with Crippen LogP contribution in [0.4, 0.5) is 5.69 Å². The minimum absolute atomic E-state index is 0.0889. The fourth-order valence-corrected chi connectivity index (χ4v) is 3.35. The van der Waals surface area contributed by atoms with Crippen LogP contribution in [-0.2, 0) is 4.79 Å². The highest BCUT2D eigenvalue weighted by Gasteiger charge is 2.35. The first-order valence-electron chi connectivity index (χ1n) is 8.03. The zero-order chi connectivity index (χ0) is 18.1. The lowest BCUT2D eigenvalue weighted by Crippen LogP contribution is -2.57. The number of carbonyl (C=O) groups excluding carboxylic acids is 2. The second-order valence-corrected chi connectivity index (χ2v) is 6.89. The molecule has 0 aliphatic carbocycles. The number of halogens is 2. The van der Waals surface area contributed by atoms with Crippen LogP contribution in [0.25, 0.3) is 0 Å². The highest BCUT2D eigenvalue weighted by molar-refractivity contribution is 6.42. The van der Waals surface area contributed by atoms with Crippen LogP contribution in [-0.4, -0.2) is 35.8 Å². The molecule has 2 amide bonds. The Hall–Kier alpha value is -2.04. The largest absolute Gasteiger partial charge is 0.325 e. The van der Waals surface area contributed by atoms with Crippen LogP contribution in [0.2, 0.25) is 10.0 Å². The molecule has 1 fully saturated rings. The summed E-state index contributed by atoms with van der Waals surface area (Å²) in [6.45, 7) is 4.64. The topological polar surface area (TPSA) is 40.6 Å². The molecule has 2 aromatic carbocycles. The zero-order valence-corrected chi connectivity index (χ0v) is 15.5. The molecule has 0 radical (unpaired) electrons. The van der Waals surface area contributed by atoms with Crippen LogP contribution in [0.5, 0.6) is 0 Å². The molecule has 6 heteroatoms. The third-order valence-corrected chi connectivity index (χ3v) is 5.23. The molecule has 0 saturated carbocycles. The molecule has 0 aromatic heterocycles. The van der Waals surface area contributed by atoms with Gasteiger partial charge in [-0.05, 0) is 43.7 Å². The van der Waals surface area contributed by atoms with Gasteiger partial charge in [0.2, 0.25) is 5.91 Å². The van der Waals surface area contributed by atoms with Gasteiger partial charge in [-0.1, -0.05) is 41.4 Å². The van der Waals surface area contributed by atoms with E-state index in [1.807, 2.05) is 31.2 Å². The van der Waals surface area contributed by atoms with Gasteiger partial charge in [0.1, 0.15) is 6.04 Å². The van der Waals surface area contributed by atoms with Crippen LogP contribution in [0, 0.1) is 6.92 Å². The number of nitrogens with zero attached hydrogens (tertiary/aromatic N) is 2. The molecule has 1 heterocycles. The molecule has 0 bridgehead atoms. The quantitative estimate of drug-likeness (QED) is 0.788. The van der Waals surface area contributed by atoms with Gasteiger partial charge in [0.05, 0.1) is 10.0 Å². The van der Waals surface area contributed by atoms with E-state index in [1.54, 1.807) is 28.9 Å². The van der Waals surface area contributed by atoms with Crippen molar-refractivity contribution in [3.63, 3.8) is 0 Å². The Morgan fingerprint density at radius 1 is 1.08 bits per heavy atom. The maximum atomic E-state index is 12.8. The van der Waals surface area contributed by atoms with Gasteiger partial charge in [0.25, 0.3) is 5.91 Å². The molecule has 130 valence electrons. The van der Waals surface area contributed by atoms with Crippen LogP contribution in [0.15, 0.2) is 42.5 Å². The van der Waals surface area contributed by atoms with E-state index in [0.717, 1.165) is 11.3 Å². The van der Waals surface area contributed by atoms with Gasteiger partial charge in [-0.25, -0.2) is 0 Å². The Kier molecular flexibility index (Phi) is 5.02. The van der Waals surface area contributed by atoms with Crippen LogP contribution >= 0.6 is 23.2 Å². The molecule has 25 heavy (non-hydrogen) atoms. The summed E-state index contributed by atoms with van der Waals surface area (Å²) in [5, 5.41) is 0.719. The molecule has 0 N–H and O–H groups in total. The van der Waals surface area contributed by atoms with E-state index >= 15 is 0 Å². The maximum absolute atomic E-state index is 12.8. The number of hydrogen-bond donors (Lipinski definition) is 0. The molecule has 0 spiro atoms. The average Bonchev–Trinajstić information content (AvgIpc) is 2.60. The lowest BCUT2D eigenvalue weighted by molar-refractivity contribution is -0.124. The molecule has 1 aliphatic heterocycles. The monoisotopic (exact) mass is 376 g/mol. The molecule has 1 saturated heterocycles. The van der Waals surface area contributed by atoms with E-state index in [1.165, 1.54) is 6.07 Å². The Morgan fingerprint density at radius 3 is 2.48 bits per heavy atom. The van der Waals surface area contributed by atoms with Crippen molar-refractivity contribution in [2.75, 3.05) is 18.0 Å². The Labute approximate surface area is 156 Å². The molecular formula is C19H18Cl2N2O2. The maximum Gasteiger partial charge on any atom is 0.254 e. The van der Waals surface area contributed by atoms with Crippen LogP contribution in [0.3, 0.4) is 0 Å². The predicted molar refractivity (Wildman–Crippen MR) is 100 cm³/mol. The fourth-order valence-electron chi connectivity index (χ4n) is 3.05. The predicted octanol–water partition coefficient (Wildman–Crippen LogP) is 4.18. The second-order valence-electron chi connectivity index (χ2n) is 6.08. The van der Waals surface area contributed by atoms with Crippen molar-refractivity contribution in [1.82, 2.24) is 4.90 Å². The first kappa shape index (κ1) is 17.8. The smallest absolute Gasteiger partial charge is 0.254 e. The molecule has 1 atom stereocenters. The van der Waals surface area contributed by atoms with Gasteiger partial charge in [-0.3, -0.25) is 9.59 Å². The summed E-state index contributed by atoms with van der Waals surface area (Å²) in [5.41, 5.74) is 2.35. The average molecular weight is 377 g/mol. The SMILES string of the molecule is Cc1ccccc1N1CCN(C(=O)c2ccc(Cl)c(Cl)c2)[C@@H](C)C1=O. The minimum atomic E-state index is -0.546. The van der Waals surface area contributed by atoms with Gasteiger partial charge in [0, 0.05) is 24.3 Å². The summed E-state index contributed by atoms with van der Waals surface area (Å²) in [7, 11) is 0. The zero-order valence-electron chi connectivity index (χ0n) is 14.0. The number of benzene rings is 2. The summed E-state index contributed by atoms with van der Waals surface area (Å²) in [4.78, 5) is 28.9. The van der Waals surface area contributed by atoms with E-state index in [4.69, 9.17) is 23.2 Å². The number of aryl methyl sites for hydroxylation is 1. The van der Waals surface area contributed by atoms with E-state index < -0.39 is 6.04 Å². The molecular weight excluding hydrogens is 359 g/mol. The number of anilines is 1. The third-order valence-electron chi connectivity index (χ3n) is 4.49. The van der Waals surface area contributed by atoms with Gasteiger partial charge in [-0.15, -0.1) is 0 Å². The number of piperazine rings is 1. The Morgan fingerprint density at radius 2 is 1.80 bits per heavy atom. The molecule has 3 rings (SSSR count). The highest BCUT2D eigenvalue weighted by Crippen LogP contribution is 2.27. The number of rotatable bonds is 2. The van der Waals surface area contributed by atoms with Gasteiger partial charge >= 0.3 is 0 Å². The summed E-state index contributed by atoms with van der Waals surface area (Å²) < 4.78 is 0. The van der Waals surface area contributed by atoms with Crippen molar-refractivity contribution >= 4 is 40.7 Å². The summed E-state index contributed by atoms with van der Waals surface area (Å²) >= 11 is 11.9. The summed E-state index contributed by atoms with van der Waals surface area (Å²) in [5.74, 6) is -0.308. The van der Waals surface area contributed by atoms with Crippen molar-refractivity contribution in [2.45, 2.75) is 19.9 Å². The molecule has 1 aliphatic rings. The van der Waals surface area contributed by atoms with E-state index in [2.05, 4.69) is 0 Å². The lowest BCUT2D eigenvalue weighted by Gasteiger charge is -2.39. The number of hydrogen-bond acceptors (Lipinski definition) is 2. The van der Waals surface area contributed by atoms with Crippen molar-refractivity contribution in [3.05, 3.63) is 63.6 Å². The first-order valence-corrected chi connectivity index (χ1v) is 8.79. The van der Waals surface area contributed by atoms with E-state index in [0.29, 0.717) is 28.7 Å². The summed E-state index contributed by atoms with van der Waals surface area (Å²) in [6.07, 6.45) is 0. The second kappa shape index (κ2) is 7.06. The minimum Gasteiger partial charge on any atom is -0.325 e. The molecule has 4 nitrogen and oxygen atoms in total. The van der Waals surface area contributed by atoms with Crippen LogP contribution < -0.4 is 4.90 Å². The van der Waals surface area contributed by atoms with Crippen LogP contribution in [0.1, 0.15) is 22.8 Å². The highest BCUT2D eigenvalue weighted by atomic mass is 35.5. The Balaban J connectivity index is 1.83. The molecule has 2 aromatic rings. The van der Waals surface area contributed by atoms with E-state index in [9.17, 15) is 9.59 Å². The lowest BCUT2D eigenvalue weighted by atomic mass is 10.1. The Bertz CT molecular complexity index is 838. The molecule has 0 unspecified atom stereocenters. The van der Waals surface area contributed by atoms with Gasteiger partial charge < -0.3 is 9.80 Å². The number of para-hydroxylation sites is 1. The normalized spacial score (nSPS) is 17.8. The first-order chi connectivity index (χ1) is 11.9. The third kappa shape index (κ3) is 3.37. The number of amides is 2. The standard InChI is InChI=1S/C19H18Cl2N2O2/c1-12-5-3-4-6-17(12)23-10-9-22(13(2)18(23)24)19(25)14-7-8-15(20)16(21)11-14/h3-8,11,13H,9-10H2,1-2H3/t13-/m0/s1. The van der Waals surface area contributed by atoms with E-state index in [-0.39, 0.29) is 11.8 Å². The van der Waals surface area contributed by atoms with Crippen molar-refractivity contribution in [3.8, 4) is 0 Å². The van der Waals surface area contributed by atoms with Gasteiger partial charge in [-0.2, -0.15) is 0 Å².